The van der Waals surface area contributed by atoms with E-state index in [4.69, 9.17) is 0 Å². The van der Waals surface area contributed by atoms with Gasteiger partial charge in [0.05, 0.1) is 0 Å². The minimum absolute atomic E-state index is 1.24. The Labute approximate surface area is 290 Å². The molecular weight excluding hydrogens is 601 g/mol. The molecule has 0 saturated carbocycles. The number of benzene rings is 11. The van der Waals surface area contributed by atoms with Gasteiger partial charge in [-0.1, -0.05) is 170 Å². The Hall–Kier alpha value is -6.50. The maximum Gasteiger partial charge on any atom is -0.00139 e. The van der Waals surface area contributed by atoms with E-state index in [0.29, 0.717) is 0 Å². The average Bonchev–Trinajstić information content (AvgIpc) is 3.20. The van der Waals surface area contributed by atoms with Crippen LogP contribution in [0.15, 0.2) is 182 Å². The standard InChI is InChI=1S/C50H30/c1-5-13-31(14-6-1)43-29-44(32-15-7-2-8-16-32)40-26-22-36-38-24-28-42-46(34-19-11-4-12-20-34)30-45(33-17-9-3-10-18-33)41-27-23-37(48(38)50(41)42)35-21-25-39(43)49(40)47(35)36/h1-30H. The number of rotatable bonds is 4. The number of fused-ring (bicyclic) bond motifs is 2. The van der Waals surface area contributed by atoms with Gasteiger partial charge in [0.2, 0.25) is 0 Å². The molecular formula is C50H30. The van der Waals surface area contributed by atoms with Gasteiger partial charge in [0.15, 0.2) is 0 Å². The Morgan fingerprint density at radius 3 is 0.620 bits per heavy atom. The lowest BCUT2D eigenvalue weighted by molar-refractivity contribution is 1.63. The van der Waals surface area contributed by atoms with Crippen LogP contribution in [0, 0.1) is 0 Å². The highest BCUT2D eigenvalue weighted by molar-refractivity contribution is 6.42. The van der Waals surface area contributed by atoms with Gasteiger partial charge in [-0.2, -0.15) is 0 Å². The van der Waals surface area contributed by atoms with Crippen molar-refractivity contribution in [2.24, 2.45) is 0 Å². The maximum absolute atomic E-state index is 2.41. The Kier molecular flexibility index (Phi) is 5.76. The van der Waals surface area contributed by atoms with Crippen molar-refractivity contribution in [3.63, 3.8) is 0 Å². The van der Waals surface area contributed by atoms with Gasteiger partial charge in [0.1, 0.15) is 0 Å². The van der Waals surface area contributed by atoms with Gasteiger partial charge < -0.3 is 0 Å². The van der Waals surface area contributed by atoms with Crippen LogP contribution >= 0.6 is 0 Å². The fourth-order valence-corrected chi connectivity index (χ4v) is 8.81. The molecule has 50 heavy (non-hydrogen) atoms. The van der Waals surface area contributed by atoms with Crippen LogP contribution in [0.5, 0.6) is 0 Å². The molecule has 0 aliphatic heterocycles. The molecule has 0 aromatic heterocycles. The first kappa shape index (κ1) is 27.5. The van der Waals surface area contributed by atoms with Crippen LogP contribution in [0.25, 0.3) is 109 Å². The van der Waals surface area contributed by atoms with Crippen molar-refractivity contribution in [1.29, 1.82) is 0 Å². The summed E-state index contributed by atoms with van der Waals surface area (Å²) in [4.78, 5) is 0. The highest BCUT2D eigenvalue weighted by Gasteiger charge is 2.22. The van der Waals surface area contributed by atoms with Crippen molar-refractivity contribution in [1.82, 2.24) is 0 Å². The fraction of sp³-hybridized carbons (Fsp3) is 0. The minimum Gasteiger partial charge on any atom is -0.0622 e. The molecule has 0 saturated heterocycles. The van der Waals surface area contributed by atoms with Gasteiger partial charge in [0.25, 0.3) is 0 Å². The molecule has 11 aromatic rings. The van der Waals surface area contributed by atoms with E-state index in [1.807, 2.05) is 0 Å². The van der Waals surface area contributed by atoms with E-state index in [9.17, 15) is 0 Å². The third kappa shape index (κ3) is 3.82. The lowest BCUT2D eigenvalue weighted by atomic mass is 9.80. The highest BCUT2D eigenvalue weighted by Crippen LogP contribution is 2.51. The summed E-state index contributed by atoms with van der Waals surface area (Å²) in [6.07, 6.45) is 0. The van der Waals surface area contributed by atoms with Crippen molar-refractivity contribution >= 4 is 64.6 Å². The van der Waals surface area contributed by atoms with E-state index in [2.05, 4.69) is 182 Å². The SMILES string of the molecule is c1ccc(-c2cc(-c3ccccc3)c3ccc4c5ccc6c(-c7ccccc7)cc(-c7ccccc7)c7ccc(c8ccc2c3c84)c5c76)cc1. The van der Waals surface area contributed by atoms with Crippen molar-refractivity contribution in [2.75, 3.05) is 0 Å². The monoisotopic (exact) mass is 630 g/mol. The predicted octanol–water partition coefficient (Wildman–Crippen LogP) is 14.1. The van der Waals surface area contributed by atoms with Crippen LogP contribution in [0.2, 0.25) is 0 Å². The first-order valence-corrected chi connectivity index (χ1v) is 17.4. The van der Waals surface area contributed by atoms with Crippen molar-refractivity contribution < 1.29 is 0 Å². The molecule has 0 radical (unpaired) electrons. The molecule has 230 valence electrons. The molecule has 0 bridgehead atoms. The molecule has 0 heterocycles. The predicted molar refractivity (Wildman–Crippen MR) is 216 cm³/mol. The molecule has 0 aliphatic rings. The van der Waals surface area contributed by atoms with E-state index in [0.717, 1.165) is 0 Å². The number of hydrogen-bond acceptors (Lipinski definition) is 0. The molecule has 0 heteroatoms. The lowest BCUT2D eigenvalue weighted by Gasteiger charge is -2.22. The molecule has 0 spiro atoms. The highest BCUT2D eigenvalue weighted by atomic mass is 14.3. The second-order valence-electron chi connectivity index (χ2n) is 13.6. The molecule has 0 aliphatic carbocycles. The van der Waals surface area contributed by atoms with Crippen molar-refractivity contribution in [3.05, 3.63) is 182 Å². The molecule has 11 aromatic carbocycles. The molecule has 0 atom stereocenters. The van der Waals surface area contributed by atoms with Crippen LogP contribution in [0.4, 0.5) is 0 Å². The summed E-state index contributed by atoms with van der Waals surface area (Å²) in [5.41, 5.74) is 10.1. The first-order valence-electron chi connectivity index (χ1n) is 17.4. The topological polar surface area (TPSA) is 0 Å². The Morgan fingerprint density at radius 2 is 0.380 bits per heavy atom. The molecule has 0 fully saturated rings. The molecule has 0 unspecified atom stereocenters. The summed E-state index contributed by atoms with van der Waals surface area (Å²) in [6.45, 7) is 0. The number of hydrogen-bond donors (Lipinski definition) is 0. The van der Waals surface area contributed by atoms with Gasteiger partial charge in [-0.15, -0.1) is 0 Å². The molecule has 0 N–H and O–H groups in total. The minimum atomic E-state index is 1.24. The van der Waals surface area contributed by atoms with Crippen molar-refractivity contribution in [3.8, 4) is 44.5 Å². The fourth-order valence-electron chi connectivity index (χ4n) is 8.81. The van der Waals surface area contributed by atoms with Crippen molar-refractivity contribution in [2.45, 2.75) is 0 Å². The van der Waals surface area contributed by atoms with Crippen LogP contribution < -0.4 is 0 Å². The summed E-state index contributed by atoms with van der Waals surface area (Å²) < 4.78 is 0. The van der Waals surface area contributed by atoms with E-state index >= 15 is 0 Å². The second-order valence-corrected chi connectivity index (χ2v) is 13.6. The summed E-state index contributed by atoms with van der Waals surface area (Å²) in [7, 11) is 0. The Bertz CT molecular complexity index is 2620. The first-order chi connectivity index (χ1) is 24.8. The van der Waals surface area contributed by atoms with Gasteiger partial charge in [-0.05, 0) is 121 Å². The average molecular weight is 631 g/mol. The second kappa shape index (κ2) is 10.5. The zero-order valence-corrected chi connectivity index (χ0v) is 27.3. The third-order valence-electron chi connectivity index (χ3n) is 11.0. The molecule has 0 nitrogen and oxygen atoms in total. The van der Waals surface area contributed by atoms with E-state index in [1.165, 1.54) is 109 Å². The van der Waals surface area contributed by atoms with Crippen LogP contribution in [-0.4, -0.2) is 0 Å². The molecule has 0 amide bonds. The lowest BCUT2D eigenvalue weighted by Crippen LogP contribution is -1.95. The van der Waals surface area contributed by atoms with Gasteiger partial charge in [0, 0.05) is 0 Å². The zero-order chi connectivity index (χ0) is 32.8. The summed E-state index contributed by atoms with van der Waals surface area (Å²) in [5.74, 6) is 0. The summed E-state index contributed by atoms with van der Waals surface area (Å²) >= 11 is 0. The quantitative estimate of drug-likeness (QED) is 0.134. The smallest absolute Gasteiger partial charge is 0.00139 e. The van der Waals surface area contributed by atoms with Crippen LogP contribution in [0.1, 0.15) is 0 Å². The van der Waals surface area contributed by atoms with E-state index in [-0.39, 0.29) is 0 Å². The third-order valence-corrected chi connectivity index (χ3v) is 11.0. The summed E-state index contributed by atoms with van der Waals surface area (Å²) in [5, 5.41) is 15.9. The Morgan fingerprint density at radius 1 is 0.180 bits per heavy atom. The largest absolute Gasteiger partial charge is 0.0622 e. The van der Waals surface area contributed by atoms with Crippen LogP contribution in [-0.2, 0) is 0 Å². The van der Waals surface area contributed by atoms with Gasteiger partial charge in [-0.3, -0.25) is 0 Å². The maximum atomic E-state index is 2.41. The van der Waals surface area contributed by atoms with Gasteiger partial charge >= 0.3 is 0 Å². The van der Waals surface area contributed by atoms with Gasteiger partial charge in [-0.25, -0.2) is 0 Å². The zero-order valence-electron chi connectivity index (χ0n) is 27.3. The van der Waals surface area contributed by atoms with E-state index in [1.54, 1.807) is 0 Å². The Balaban J connectivity index is 1.33. The normalized spacial score (nSPS) is 12.0. The summed E-state index contributed by atoms with van der Waals surface area (Å²) in [6, 6.07) is 67.4. The van der Waals surface area contributed by atoms with Crippen LogP contribution in [0.3, 0.4) is 0 Å². The van der Waals surface area contributed by atoms with E-state index < -0.39 is 0 Å². The molecule has 11 rings (SSSR count).